The maximum Gasteiger partial charge on any atom is 0.163 e. The summed E-state index contributed by atoms with van der Waals surface area (Å²) in [5, 5.41) is 0.447. The molecule has 5 heteroatoms. The zero-order valence-electron chi connectivity index (χ0n) is 11.7. The van der Waals surface area contributed by atoms with E-state index in [1.165, 1.54) is 26.2 Å². The zero-order chi connectivity index (χ0) is 15.4. The van der Waals surface area contributed by atoms with E-state index in [1.807, 2.05) is 0 Å². The Balaban J connectivity index is 2.18. The van der Waals surface area contributed by atoms with Crippen molar-refractivity contribution in [2.75, 3.05) is 7.11 Å². The van der Waals surface area contributed by atoms with Gasteiger partial charge in [-0.2, -0.15) is 0 Å². The van der Waals surface area contributed by atoms with Crippen molar-refractivity contribution in [1.82, 2.24) is 0 Å². The first-order valence-electron chi connectivity index (χ1n) is 6.27. The number of hydrogen-bond acceptors (Lipinski definition) is 3. The molecule has 0 aliphatic carbocycles. The van der Waals surface area contributed by atoms with Crippen molar-refractivity contribution >= 4 is 17.4 Å². The summed E-state index contributed by atoms with van der Waals surface area (Å²) in [7, 11) is 1.47. The number of hydrogen-bond donors (Lipinski definition) is 0. The lowest BCUT2D eigenvalue weighted by Crippen LogP contribution is -2.03. The molecule has 0 heterocycles. The third-order valence-electron chi connectivity index (χ3n) is 2.96. The molecule has 2 aromatic rings. The minimum Gasteiger partial charge on any atom is -0.497 e. The second kappa shape index (κ2) is 6.59. The smallest absolute Gasteiger partial charge is 0.163 e. The summed E-state index contributed by atoms with van der Waals surface area (Å²) in [5.41, 5.74) is 0.747. The standard InChI is InChI=1S/C16H14ClFO3/c1-10(19)14-7-12(17)4-6-16(14)21-9-11-3-5-13(20-2)8-15(11)18/h3-8H,9H2,1-2H3. The molecule has 110 valence electrons. The Morgan fingerprint density at radius 2 is 2.00 bits per heavy atom. The van der Waals surface area contributed by atoms with Crippen molar-refractivity contribution in [1.29, 1.82) is 0 Å². The maximum absolute atomic E-state index is 13.8. The van der Waals surface area contributed by atoms with Gasteiger partial charge in [-0.3, -0.25) is 4.79 Å². The third-order valence-corrected chi connectivity index (χ3v) is 3.20. The zero-order valence-corrected chi connectivity index (χ0v) is 12.4. The molecule has 3 nitrogen and oxygen atoms in total. The van der Waals surface area contributed by atoms with Gasteiger partial charge in [-0.25, -0.2) is 4.39 Å². The highest BCUT2D eigenvalue weighted by atomic mass is 35.5. The molecular formula is C16H14ClFO3. The maximum atomic E-state index is 13.8. The first-order valence-corrected chi connectivity index (χ1v) is 6.64. The van der Waals surface area contributed by atoms with Crippen LogP contribution in [0.25, 0.3) is 0 Å². The van der Waals surface area contributed by atoms with Crippen LogP contribution in [0, 0.1) is 5.82 Å². The summed E-state index contributed by atoms with van der Waals surface area (Å²) in [6, 6.07) is 9.26. The summed E-state index contributed by atoms with van der Waals surface area (Å²) < 4.78 is 24.3. The Kier molecular flexibility index (Phi) is 4.81. The van der Waals surface area contributed by atoms with Crippen molar-refractivity contribution < 1.29 is 18.7 Å². The molecule has 0 fully saturated rings. The average Bonchev–Trinajstić information content (AvgIpc) is 2.46. The largest absolute Gasteiger partial charge is 0.497 e. The molecule has 0 saturated heterocycles. The summed E-state index contributed by atoms with van der Waals surface area (Å²) in [5.74, 6) is 0.227. The minimum atomic E-state index is -0.423. The fourth-order valence-electron chi connectivity index (χ4n) is 1.83. The molecule has 0 bridgehead atoms. The molecule has 0 amide bonds. The lowest BCUT2D eigenvalue weighted by Gasteiger charge is -2.11. The minimum absolute atomic E-state index is 0.0116. The number of rotatable bonds is 5. The molecule has 0 atom stereocenters. The van der Waals surface area contributed by atoms with Crippen LogP contribution in [0.5, 0.6) is 11.5 Å². The Morgan fingerprint density at radius 1 is 1.24 bits per heavy atom. The van der Waals surface area contributed by atoms with E-state index < -0.39 is 5.82 Å². The molecule has 0 aliphatic rings. The van der Waals surface area contributed by atoms with E-state index >= 15 is 0 Å². The molecule has 0 saturated carbocycles. The topological polar surface area (TPSA) is 35.5 Å². The van der Waals surface area contributed by atoms with Gasteiger partial charge in [0.05, 0.1) is 12.7 Å². The molecule has 0 N–H and O–H groups in total. The van der Waals surface area contributed by atoms with E-state index in [-0.39, 0.29) is 12.4 Å². The number of halogens is 2. The number of benzene rings is 2. The Bertz CT molecular complexity index is 671. The summed E-state index contributed by atoms with van der Waals surface area (Å²) >= 11 is 5.86. The number of methoxy groups -OCH3 is 1. The lowest BCUT2D eigenvalue weighted by atomic mass is 10.1. The van der Waals surface area contributed by atoms with Gasteiger partial charge in [0.1, 0.15) is 23.9 Å². The third kappa shape index (κ3) is 3.73. The highest BCUT2D eigenvalue weighted by Gasteiger charge is 2.11. The predicted octanol–water partition coefficient (Wildman–Crippen LogP) is 4.27. The first-order chi connectivity index (χ1) is 10.0. The van der Waals surface area contributed by atoms with Gasteiger partial charge < -0.3 is 9.47 Å². The summed E-state index contributed by atoms with van der Waals surface area (Å²) in [6.45, 7) is 1.43. The van der Waals surface area contributed by atoms with E-state index in [4.69, 9.17) is 21.1 Å². The first kappa shape index (κ1) is 15.3. The normalized spacial score (nSPS) is 10.3. The van der Waals surface area contributed by atoms with E-state index in [2.05, 4.69) is 0 Å². The van der Waals surface area contributed by atoms with Gasteiger partial charge in [-0.15, -0.1) is 0 Å². The summed E-state index contributed by atoms with van der Waals surface area (Å²) in [4.78, 5) is 11.6. The number of ketones is 1. The Labute approximate surface area is 127 Å². The number of Topliss-reactive ketones (excluding diaryl/α,β-unsaturated/α-hetero) is 1. The SMILES string of the molecule is COc1ccc(COc2ccc(Cl)cc2C(C)=O)c(F)c1. The van der Waals surface area contributed by atoms with E-state index in [0.29, 0.717) is 27.6 Å². The van der Waals surface area contributed by atoms with E-state index in [9.17, 15) is 9.18 Å². The molecule has 0 aromatic heterocycles. The van der Waals surface area contributed by atoms with Crippen LogP contribution in [0.1, 0.15) is 22.8 Å². The number of ether oxygens (including phenoxy) is 2. The fourth-order valence-corrected chi connectivity index (χ4v) is 2.00. The van der Waals surface area contributed by atoms with Crippen molar-refractivity contribution in [2.24, 2.45) is 0 Å². The van der Waals surface area contributed by atoms with Crippen LogP contribution in [-0.2, 0) is 6.61 Å². The number of carbonyl (C=O) groups excluding carboxylic acids is 1. The highest BCUT2D eigenvalue weighted by molar-refractivity contribution is 6.31. The summed E-state index contributed by atoms with van der Waals surface area (Å²) in [6.07, 6.45) is 0. The van der Waals surface area contributed by atoms with Crippen molar-refractivity contribution in [3.05, 3.63) is 58.4 Å². The molecule has 0 unspecified atom stereocenters. The van der Waals surface area contributed by atoms with Crippen molar-refractivity contribution in [2.45, 2.75) is 13.5 Å². The van der Waals surface area contributed by atoms with Gasteiger partial charge >= 0.3 is 0 Å². The van der Waals surface area contributed by atoms with Crippen molar-refractivity contribution in [3.63, 3.8) is 0 Å². The van der Waals surface area contributed by atoms with Crippen LogP contribution in [0.15, 0.2) is 36.4 Å². The molecule has 0 spiro atoms. The fraction of sp³-hybridized carbons (Fsp3) is 0.188. The molecule has 2 aromatic carbocycles. The second-order valence-corrected chi connectivity index (χ2v) is 4.88. The highest BCUT2D eigenvalue weighted by Crippen LogP contribution is 2.25. The van der Waals surface area contributed by atoms with Crippen LogP contribution in [-0.4, -0.2) is 12.9 Å². The molecular weight excluding hydrogens is 295 g/mol. The van der Waals surface area contributed by atoms with E-state index in [0.717, 1.165) is 0 Å². The molecule has 21 heavy (non-hydrogen) atoms. The van der Waals surface area contributed by atoms with Crippen LogP contribution in [0.4, 0.5) is 4.39 Å². The van der Waals surface area contributed by atoms with Crippen LogP contribution >= 0.6 is 11.6 Å². The number of carbonyl (C=O) groups is 1. The van der Waals surface area contributed by atoms with Crippen LogP contribution < -0.4 is 9.47 Å². The van der Waals surface area contributed by atoms with Gasteiger partial charge in [-0.05, 0) is 37.3 Å². The second-order valence-electron chi connectivity index (χ2n) is 4.44. The van der Waals surface area contributed by atoms with Gasteiger partial charge in [0.2, 0.25) is 0 Å². The quantitative estimate of drug-likeness (QED) is 0.774. The van der Waals surface area contributed by atoms with Crippen LogP contribution in [0.3, 0.4) is 0 Å². The Hall–Kier alpha value is -2.07. The van der Waals surface area contributed by atoms with E-state index in [1.54, 1.807) is 24.3 Å². The van der Waals surface area contributed by atoms with Gasteiger partial charge in [0.15, 0.2) is 5.78 Å². The van der Waals surface area contributed by atoms with Crippen LogP contribution in [0.2, 0.25) is 5.02 Å². The van der Waals surface area contributed by atoms with Gasteiger partial charge in [0.25, 0.3) is 0 Å². The lowest BCUT2D eigenvalue weighted by molar-refractivity contribution is 0.101. The average molecular weight is 309 g/mol. The Morgan fingerprint density at radius 3 is 2.62 bits per heavy atom. The van der Waals surface area contributed by atoms with Crippen molar-refractivity contribution in [3.8, 4) is 11.5 Å². The molecule has 2 rings (SSSR count). The molecule has 0 radical (unpaired) electrons. The molecule has 0 aliphatic heterocycles. The monoisotopic (exact) mass is 308 g/mol. The van der Waals surface area contributed by atoms with Gasteiger partial charge in [-0.1, -0.05) is 11.6 Å². The predicted molar refractivity (Wildman–Crippen MR) is 78.7 cm³/mol. The van der Waals surface area contributed by atoms with Gasteiger partial charge in [0, 0.05) is 16.7 Å².